The summed E-state index contributed by atoms with van der Waals surface area (Å²) in [6.45, 7) is 7.47. The molecule has 1 saturated heterocycles. The van der Waals surface area contributed by atoms with Crippen molar-refractivity contribution in [3.05, 3.63) is 59.4 Å². The first-order chi connectivity index (χ1) is 14.4. The molecule has 1 aromatic carbocycles. The third-order valence-electron chi connectivity index (χ3n) is 3.84. The lowest BCUT2D eigenvalue weighted by Gasteiger charge is -2.11. The molecular formula is C22H31F2N3O3. The van der Waals surface area contributed by atoms with Crippen molar-refractivity contribution in [1.29, 1.82) is 0 Å². The lowest BCUT2D eigenvalue weighted by Crippen LogP contribution is -2.27. The Kier molecular flexibility index (Phi) is 13.8. The van der Waals surface area contributed by atoms with Gasteiger partial charge in [-0.15, -0.1) is 0 Å². The van der Waals surface area contributed by atoms with Gasteiger partial charge in [-0.1, -0.05) is 26.0 Å². The molecule has 1 amide bonds. The average molecular weight is 424 g/mol. The number of amides is 1. The number of ether oxygens (including phenoxy) is 1. The van der Waals surface area contributed by atoms with Gasteiger partial charge in [0.2, 0.25) is 0 Å². The minimum atomic E-state index is -0.782. The van der Waals surface area contributed by atoms with E-state index in [2.05, 4.69) is 16.0 Å². The molecule has 0 spiro atoms. The SMILES string of the molecule is CC.CC1CCC(C(=O)Nc2ccnc(C=O)c2)O1.CN.Cc1cccc(F)c1F. The van der Waals surface area contributed by atoms with E-state index in [4.69, 9.17) is 4.74 Å². The largest absolute Gasteiger partial charge is 0.365 e. The fourth-order valence-corrected chi connectivity index (χ4v) is 2.42. The summed E-state index contributed by atoms with van der Waals surface area (Å²) in [5.41, 5.74) is 5.70. The van der Waals surface area contributed by atoms with E-state index in [1.54, 1.807) is 6.07 Å². The number of rotatable bonds is 3. The fourth-order valence-electron chi connectivity index (χ4n) is 2.42. The van der Waals surface area contributed by atoms with Crippen LogP contribution in [0.3, 0.4) is 0 Å². The van der Waals surface area contributed by atoms with Crippen molar-refractivity contribution in [3.63, 3.8) is 0 Å². The third-order valence-corrected chi connectivity index (χ3v) is 3.84. The van der Waals surface area contributed by atoms with Crippen molar-refractivity contribution in [2.75, 3.05) is 12.4 Å². The maximum absolute atomic E-state index is 12.4. The standard InChI is InChI=1S/C12H14N2O3.C7H6F2.C2H6.CH5N/c1-8-2-3-11(17-8)12(16)14-9-4-5-13-10(6-9)7-15;1-5-3-2-4-6(8)7(5)9;2*1-2/h4-8,11H,2-3H2,1H3,(H,13,14,16);2-4H,1H3;1-2H3;2H2,1H3. The Morgan fingerprint density at radius 2 is 1.90 bits per heavy atom. The van der Waals surface area contributed by atoms with E-state index in [-0.39, 0.29) is 12.0 Å². The Bertz CT molecular complexity index is 768. The normalized spacial score (nSPS) is 16.5. The molecule has 0 aliphatic carbocycles. The summed E-state index contributed by atoms with van der Waals surface area (Å²) < 4.78 is 30.0. The van der Waals surface area contributed by atoms with Crippen molar-refractivity contribution in [2.24, 2.45) is 5.73 Å². The van der Waals surface area contributed by atoms with E-state index < -0.39 is 17.7 Å². The van der Waals surface area contributed by atoms with Gasteiger partial charge in [-0.05, 0) is 57.5 Å². The Morgan fingerprint density at radius 3 is 2.40 bits per heavy atom. The van der Waals surface area contributed by atoms with Gasteiger partial charge in [0.05, 0.1) is 6.10 Å². The van der Waals surface area contributed by atoms with Gasteiger partial charge >= 0.3 is 0 Å². The predicted molar refractivity (Wildman–Crippen MR) is 114 cm³/mol. The first kappa shape index (κ1) is 27.3. The van der Waals surface area contributed by atoms with Crippen molar-refractivity contribution in [2.45, 2.75) is 52.7 Å². The predicted octanol–water partition coefficient (Wildman–Crippen LogP) is 4.27. The Hall–Kier alpha value is -2.71. The Morgan fingerprint density at radius 1 is 1.23 bits per heavy atom. The molecule has 1 aliphatic heterocycles. The number of benzene rings is 1. The first-order valence-corrected chi connectivity index (χ1v) is 9.76. The summed E-state index contributed by atoms with van der Waals surface area (Å²) in [7, 11) is 1.50. The van der Waals surface area contributed by atoms with Gasteiger partial charge in [-0.2, -0.15) is 0 Å². The van der Waals surface area contributed by atoms with Crippen LogP contribution >= 0.6 is 0 Å². The zero-order chi connectivity index (χ0) is 23.1. The number of carbonyl (C=O) groups excluding carboxylic acids is 2. The van der Waals surface area contributed by atoms with Crippen LogP contribution < -0.4 is 11.1 Å². The van der Waals surface area contributed by atoms with Crippen LogP contribution in [0, 0.1) is 18.6 Å². The van der Waals surface area contributed by atoms with Gasteiger partial charge in [-0.3, -0.25) is 14.6 Å². The van der Waals surface area contributed by atoms with E-state index in [1.165, 1.54) is 38.4 Å². The lowest BCUT2D eigenvalue weighted by molar-refractivity contribution is -0.126. The van der Waals surface area contributed by atoms with Gasteiger partial charge in [0.15, 0.2) is 17.9 Å². The minimum absolute atomic E-state index is 0.133. The molecule has 0 saturated carbocycles. The number of nitrogens with two attached hydrogens (primary N) is 1. The molecule has 0 radical (unpaired) electrons. The highest BCUT2D eigenvalue weighted by atomic mass is 19.2. The summed E-state index contributed by atoms with van der Waals surface area (Å²) in [5, 5.41) is 2.72. The van der Waals surface area contributed by atoms with Crippen molar-refractivity contribution >= 4 is 17.9 Å². The van der Waals surface area contributed by atoms with Crippen molar-refractivity contribution in [1.82, 2.24) is 4.98 Å². The van der Waals surface area contributed by atoms with Gasteiger partial charge in [0.25, 0.3) is 5.91 Å². The lowest BCUT2D eigenvalue weighted by atomic mass is 10.2. The molecule has 8 heteroatoms. The Balaban J connectivity index is 0.000000547. The van der Waals surface area contributed by atoms with E-state index >= 15 is 0 Å². The number of nitrogens with zero attached hydrogens (tertiary/aromatic N) is 1. The second-order valence-corrected chi connectivity index (χ2v) is 5.96. The summed E-state index contributed by atoms with van der Waals surface area (Å²) in [6.07, 6.45) is 3.50. The molecule has 1 aromatic heterocycles. The zero-order valence-electron chi connectivity index (χ0n) is 18.1. The second-order valence-electron chi connectivity index (χ2n) is 5.96. The first-order valence-electron chi connectivity index (χ1n) is 9.76. The van der Waals surface area contributed by atoms with E-state index in [1.807, 2.05) is 20.8 Å². The molecule has 3 rings (SSSR count). The number of aryl methyl sites for hydroxylation is 1. The van der Waals surface area contributed by atoms with Crippen LogP contribution in [-0.2, 0) is 9.53 Å². The third kappa shape index (κ3) is 9.19. The van der Waals surface area contributed by atoms with Crippen LogP contribution in [0.2, 0.25) is 0 Å². The van der Waals surface area contributed by atoms with Gasteiger partial charge in [-0.25, -0.2) is 8.78 Å². The molecule has 6 nitrogen and oxygen atoms in total. The molecule has 2 heterocycles. The number of halogens is 2. The Labute approximate surface area is 176 Å². The number of aromatic nitrogens is 1. The van der Waals surface area contributed by atoms with Crippen LogP contribution in [0.5, 0.6) is 0 Å². The smallest absolute Gasteiger partial charge is 0.253 e. The van der Waals surface area contributed by atoms with Gasteiger partial charge in [0, 0.05) is 11.9 Å². The zero-order valence-corrected chi connectivity index (χ0v) is 18.1. The van der Waals surface area contributed by atoms with E-state index in [0.717, 1.165) is 18.9 Å². The molecule has 1 fully saturated rings. The number of hydrogen-bond donors (Lipinski definition) is 2. The van der Waals surface area contributed by atoms with Crippen LogP contribution in [0.15, 0.2) is 36.5 Å². The summed E-state index contributed by atoms with van der Waals surface area (Å²) in [4.78, 5) is 26.2. The van der Waals surface area contributed by atoms with Gasteiger partial charge in [0.1, 0.15) is 11.8 Å². The van der Waals surface area contributed by atoms with Gasteiger partial charge < -0.3 is 15.8 Å². The minimum Gasteiger partial charge on any atom is -0.365 e. The molecule has 3 N–H and O–H groups in total. The number of hydrogen-bond acceptors (Lipinski definition) is 5. The number of anilines is 1. The maximum Gasteiger partial charge on any atom is 0.253 e. The molecule has 2 unspecified atom stereocenters. The molecule has 0 bridgehead atoms. The molecule has 2 aromatic rings. The molecule has 30 heavy (non-hydrogen) atoms. The number of pyridine rings is 1. The number of nitrogens with one attached hydrogen (secondary N) is 1. The topological polar surface area (TPSA) is 94.3 Å². The maximum atomic E-state index is 12.4. The van der Waals surface area contributed by atoms with Crippen LogP contribution in [0.25, 0.3) is 0 Å². The van der Waals surface area contributed by atoms with E-state index in [0.29, 0.717) is 23.2 Å². The fraction of sp³-hybridized carbons (Fsp3) is 0.409. The number of carbonyl (C=O) groups is 2. The molecule has 166 valence electrons. The summed E-state index contributed by atoms with van der Waals surface area (Å²) >= 11 is 0. The van der Waals surface area contributed by atoms with Crippen LogP contribution in [-0.4, -0.2) is 36.4 Å². The summed E-state index contributed by atoms with van der Waals surface area (Å²) in [6, 6.07) is 7.28. The highest BCUT2D eigenvalue weighted by Gasteiger charge is 2.28. The second kappa shape index (κ2) is 15.2. The molecule has 2 atom stereocenters. The molecule has 1 aliphatic rings. The highest BCUT2D eigenvalue weighted by molar-refractivity contribution is 5.94. The van der Waals surface area contributed by atoms with Crippen molar-refractivity contribution < 1.29 is 23.1 Å². The number of aldehydes is 1. The monoisotopic (exact) mass is 423 g/mol. The average Bonchev–Trinajstić information content (AvgIpc) is 3.22. The van der Waals surface area contributed by atoms with Crippen LogP contribution in [0.4, 0.5) is 14.5 Å². The highest BCUT2D eigenvalue weighted by Crippen LogP contribution is 2.20. The quantitative estimate of drug-likeness (QED) is 0.719. The van der Waals surface area contributed by atoms with Crippen molar-refractivity contribution in [3.8, 4) is 0 Å². The van der Waals surface area contributed by atoms with E-state index in [9.17, 15) is 18.4 Å². The molecular weight excluding hydrogens is 392 g/mol. The van der Waals surface area contributed by atoms with Crippen LogP contribution in [0.1, 0.15) is 49.7 Å². The summed E-state index contributed by atoms with van der Waals surface area (Å²) in [5.74, 6) is -1.70.